The highest BCUT2D eigenvalue weighted by Crippen LogP contribution is 2.18. The first kappa shape index (κ1) is 18.5. The smallest absolute Gasteiger partial charge is 0.309 e. The maximum atomic E-state index is 12.6. The van der Waals surface area contributed by atoms with Crippen LogP contribution >= 0.6 is 0 Å². The third-order valence-electron chi connectivity index (χ3n) is 4.52. The standard InChI is InChI=1S/C19H28N2O3/c1-3-21(14-16-8-6-5-7-9-16)18(22)15-20-12-10-17(11-13-20)19(23)24-4-2/h5-9,17H,3-4,10-15H2,1-2H3. The monoisotopic (exact) mass is 332 g/mol. The molecule has 24 heavy (non-hydrogen) atoms. The highest BCUT2D eigenvalue weighted by Gasteiger charge is 2.27. The van der Waals surface area contributed by atoms with Gasteiger partial charge in [-0.2, -0.15) is 0 Å². The zero-order valence-electron chi connectivity index (χ0n) is 14.7. The maximum absolute atomic E-state index is 12.6. The molecular weight excluding hydrogens is 304 g/mol. The molecule has 1 saturated heterocycles. The quantitative estimate of drug-likeness (QED) is 0.719. The normalized spacial score (nSPS) is 15.9. The van der Waals surface area contributed by atoms with Crippen LogP contribution in [-0.2, 0) is 20.9 Å². The van der Waals surface area contributed by atoms with Crippen LogP contribution in [0.5, 0.6) is 0 Å². The van der Waals surface area contributed by atoms with Crippen molar-refractivity contribution in [1.82, 2.24) is 9.80 Å². The van der Waals surface area contributed by atoms with Crippen LogP contribution in [0, 0.1) is 5.92 Å². The minimum atomic E-state index is -0.0947. The maximum Gasteiger partial charge on any atom is 0.309 e. The van der Waals surface area contributed by atoms with E-state index in [0.717, 1.165) is 31.5 Å². The Morgan fingerprint density at radius 3 is 2.42 bits per heavy atom. The van der Waals surface area contributed by atoms with Gasteiger partial charge in [-0.05, 0) is 45.3 Å². The summed E-state index contributed by atoms with van der Waals surface area (Å²) in [7, 11) is 0. The van der Waals surface area contributed by atoms with Gasteiger partial charge in [0.05, 0.1) is 19.1 Å². The Morgan fingerprint density at radius 1 is 1.17 bits per heavy atom. The van der Waals surface area contributed by atoms with Gasteiger partial charge in [0, 0.05) is 13.1 Å². The van der Waals surface area contributed by atoms with E-state index in [0.29, 0.717) is 26.2 Å². The average molecular weight is 332 g/mol. The molecule has 5 heteroatoms. The predicted molar refractivity (Wildman–Crippen MR) is 93.3 cm³/mol. The van der Waals surface area contributed by atoms with Gasteiger partial charge in [0.1, 0.15) is 0 Å². The number of ether oxygens (including phenoxy) is 1. The van der Waals surface area contributed by atoms with Gasteiger partial charge in [-0.25, -0.2) is 0 Å². The minimum Gasteiger partial charge on any atom is -0.466 e. The molecule has 0 aliphatic carbocycles. The Bertz CT molecular complexity index is 525. The molecule has 1 aromatic carbocycles. The van der Waals surface area contributed by atoms with Gasteiger partial charge in [0.2, 0.25) is 5.91 Å². The number of carbonyl (C=O) groups is 2. The Balaban J connectivity index is 1.80. The van der Waals surface area contributed by atoms with Crippen LogP contribution in [0.25, 0.3) is 0 Å². The summed E-state index contributed by atoms with van der Waals surface area (Å²) in [6.07, 6.45) is 1.55. The second kappa shape index (κ2) is 9.42. The number of benzene rings is 1. The molecular formula is C19H28N2O3. The van der Waals surface area contributed by atoms with Crippen LogP contribution in [0.4, 0.5) is 0 Å². The number of likely N-dealkylation sites (tertiary alicyclic amines) is 1. The number of likely N-dealkylation sites (N-methyl/N-ethyl adjacent to an activating group) is 1. The van der Waals surface area contributed by atoms with Crippen LogP contribution in [0.1, 0.15) is 32.3 Å². The van der Waals surface area contributed by atoms with Crippen molar-refractivity contribution >= 4 is 11.9 Å². The average Bonchev–Trinajstić information content (AvgIpc) is 2.61. The molecule has 0 unspecified atom stereocenters. The minimum absolute atomic E-state index is 0.0112. The lowest BCUT2D eigenvalue weighted by Crippen LogP contribution is -2.44. The second-order valence-electron chi connectivity index (χ2n) is 6.20. The Morgan fingerprint density at radius 2 is 1.83 bits per heavy atom. The number of hydrogen-bond donors (Lipinski definition) is 0. The van der Waals surface area contributed by atoms with E-state index in [9.17, 15) is 9.59 Å². The summed E-state index contributed by atoms with van der Waals surface area (Å²) in [6, 6.07) is 10.1. The summed E-state index contributed by atoms with van der Waals surface area (Å²) in [5.41, 5.74) is 1.15. The number of esters is 1. The topological polar surface area (TPSA) is 49.9 Å². The van der Waals surface area contributed by atoms with Crippen molar-refractivity contribution < 1.29 is 14.3 Å². The summed E-state index contributed by atoms with van der Waals surface area (Å²) in [5.74, 6) is 0.0431. The first-order valence-electron chi connectivity index (χ1n) is 8.84. The highest BCUT2D eigenvalue weighted by molar-refractivity contribution is 5.78. The van der Waals surface area contributed by atoms with Crippen LogP contribution in [-0.4, -0.2) is 54.5 Å². The molecule has 0 spiro atoms. The van der Waals surface area contributed by atoms with Gasteiger partial charge < -0.3 is 9.64 Å². The number of carbonyl (C=O) groups excluding carboxylic acids is 2. The van der Waals surface area contributed by atoms with Crippen LogP contribution in [0.3, 0.4) is 0 Å². The van der Waals surface area contributed by atoms with Gasteiger partial charge in [-0.15, -0.1) is 0 Å². The van der Waals surface area contributed by atoms with E-state index in [-0.39, 0.29) is 17.8 Å². The molecule has 1 aliphatic rings. The molecule has 0 bridgehead atoms. The van der Waals surface area contributed by atoms with Gasteiger partial charge in [-0.3, -0.25) is 14.5 Å². The van der Waals surface area contributed by atoms with Crippen molar-refractivity contribution in [3.8, 4) is 0 Å². The first-order valence-corrected chi connectivity index (χ1v) is 8.84. The summed E-state index contributed by atoms with van der Waals surface area (Å²) >= 11 is 0. The Kier molecular flexibility index (Phi) is 7.25. The van der Waals surface area contributed by atoms with Gasteiger partial charge in [-0.1, -0.05) is 30.3 Å². The number of nitrogens with zero attached hydrogens (tertiary/aromatic N) is 2. The molecule has 1 fully saturated rings. The molecule has 0 radical (unpaired) electrons. The van der Waals surface area contributed by atoms with Crippen LogP contribution in [0.2, 0.25) is 0 Å². The second-order valence-corrected chi connectivity index (χ2v) is 6.20. The lowest BCUT2D eigenvalue weighted by Gasteiger charge is -2.32. The van der Waals surface area contributed by atoms with Crippen LogP contribution in [0.15, 0.2) is 30.3 Å². The molecule has 1 heterocycles. The predicted octanol–water partition coefficient (Wildman–Crippen LogP) is 2.31. The fourth-order valence-corrected chi connectivity index (χ4v) is 3.06. The fraction of sp³-hybridized carbons (Fsp3) is 0.579. The molecule has 0 saturated carbocycles. The van der Waals surface area contributed by atoms with Gasteiger partial charge in [0.15, 0.2) is 0 Å². The van der Waals surface area contributed by atoms with E-state index < -0.39 is 0 Å². The number of piperidine rings is 1. The molecule has 0 atom stereocenters. The van der Waals surface area contributed by atoms with E-state index >= 15 is 0 Å². The van der Waals surface area contributed by atoms with E-state index in [1.807, 2.05) is 49.1 Å². The summed E-state index contributed by atoms with van der Waals surface area (Å²) in [4.78, 5) is 28.4. The molecule has 5 nitrogen and oxygen atoms in total. The van der Waals surface area contributed by atoms with Crippen molar-refractivity contribution in [2.45, 2.75) is 33.2 Å². The summed E-state index contributed by atoms with van der Waals surface area (Å²) in [5, 5.41) is 0. The third-order valence-corrected chi connectivity index (χ3v) is 4.52. The molecule has 132 valence electrons. The van der Waals surface area contributed by atoms with E-state index in [1.165, 1.54) is 0 Å². The summed E-state index contributed by atoms with van der Waals surface area (Å²) in [6.45, 7) is 7.60. The zero-order valence-corrected chi connectivity index (χ0v) is 14.7. The Labute approximate surface area is 144 Å². The first-order chi connectivity index (χ1) is 11.6. The molecule has 0 N–H and O–H groups in total. The highest BCUT2D eigenvalue weighted by atomic mass is 16.5. The number of hydrogen-bond acceptors (Lipinski definition) is 4. The molecule has 1 aliphatic heterocycles. The molecule has 2 rings (SSSR count). The van der Waals surface area contributed by atoms with Gasteiger partial charge in [0.25, 0.3) is 0 Å². The molecule has 0 aromatic heterocycles. The van der Waals surface area contributed by atoms with Crippen LogP contribution < -0.4 is 0 Å². The number of amides is 1. The zero-order chi connectivity index (χ0) is 17.4. The molecule has 1 aromatic rings. The van der Waals surface area contributed by atoms with Crippen molar-refractivity contribution in [3.05, 3.63) is 35.9 Å². The van der Waals surface area contributed by atoms with Crippen molar-refractivity contribution in [3.63, 3.8) is 0 Å². The van der Waals surface area contributed by atoms with E-state index in [2.05, 4.69) is 4.90 Å². The fourth-order valence-electron chi connectivity index (χ4n) is 3.06. The van der Waals surface area contributed by atoms with E-state index in [4.69, 9.17) is 4.74 Å². The Hall–Kier alpha value is -1.88. The number of rotatable bonds is 7. The third kappa shape index (κ3) is 5.34. The van der Waals surface area contributed by atoms with Crippen molar-refractivity contribution in [1.29, 1.82) is 0 Å². The van der Waals surface area contributed by atoms with Crippen molar-refractivity contribution in [2.24, 2.45) is 5.92 Å². The summed E-state index contributed by atoms with van der Waals surface area (Å²) < 4.78 is 5.09. The lowest BCUT2D eigenvalue weighted by molar-refractivity contribution is -0.149. The van der Waals surface area contributed by atoms with Gasteiger partial charge >= 0.3 is 5.97 Å². The SMILES string of the molecule is CCOC(=O)C1CCN(CC(=O)N(CC)Cc2ccccc2)CC1. The lowest BCUT2D eigenvalue weighted by atomic mass is 9.97. The molecule has 1 amide bonds. The van der Waals surface area contributed by atoms with Crippen molar-refractivity contribution in [2.75, 3.05) is 32.8 Å². The van der Waals surface area contributed by atoms with E-state index in [1.54, 1.807) is 0 Å². The largest absolute Gasteiger partial charge is 0.466 e.